The van der Waals surface area contributed by atoms with Gasteiger partial charge in [0.1, 0.15) is 6.10 Å². The van der Waals surface area contributed by atoms with Crippen LogP contribution in [0.4, 0.5) is 0 Å². The molecule has 3 aromatic rings. The molecule has 0 N–H and O–H groups in total. The molecule has 0 radical (unpaired) electrons. The summed E-state index contributed by atoms with van der Waals surface area (Å²) >= 11 is 9.94. The summed E-state index contributed by atoms with van der Waals surface area (Å²) < 4.78 is 7.63. The Morgan fingerprint density at radius 2 is 1.60 bits per heavy atom. The summed E-state index contributed by atoms with van der Waals surface area (Å²) in [4.78, 5) is 12.4. The van der Waals surface area contributed by atoms with E-state index in [2.05, 4.69) is 68.9 Å². The number of carbonyl (C=O) groups is 1. The fraction of sp³-hybridized carbons (Fsp3) is 0.320. The minimum atomic E-state index is -2.18. The molecule has 0 aliphatic carbocycles. The van der Waals surface area contributed by atoms with E-state index in [9.17, 15) is 4.79 Å². The summed E-state index contributed by atoms with van der Waals surface area (Å²) in [5.74, 6) is 0. The van der Waals surface area contributed by atoms with Gasteiger partial charge in [-0.3, -0.25) is 0 Å². The van der Waals surface area contributed by atoms with E-state index in [-0.39, 0.29) is 5.04 Å². The Balaban J connectivity index is 2.35. The fourth-order valence-electron chi connectivity index (χ4n) is 3.48. The molecule has 3 rings (SSSR count). The van der Waals surface area contributed by atoms with Gasteiger partial charge in [0.25, 0.3) is 0 Å². The van der Waals surface area contributed by atoms with Gasteiger partial charge in [-0.2, -0.15) is 0 Å². The van der Waals surface area contributed by atoms with Gasteiger partial charge in [0.05, 0.1) is 0 Å². The first-order valence-electron chi connectivity index (χ1n) is 10.1. The number of aldehydes is 1. The molecule has 30 heavy (non-hydrogen) atoms. The van der Waals surface area contributed by atoms with E-state index < -0.39 is 14.4 Å². The van der Waals surface area contributed by atoms with Crippen molar-refractivity contribution in [3.05, 3.63) is 69.2 Å². The summed E-state index contributed by atoms with van der Waals surface area (Å²) in [5.41, 5.74) is 3.99. The average Bonchev–Trinajstić information content (AvgIpc) is 2.69. The van der Waals surface area contributed by atoms with Crippen LogP contribution in [-0.2, 0) is 9.22 Å². The first kappa shape index (κ1) is 23.2. The second kappa shape index (κ2) is 8.58. The average molecular weight is 504 g/mol. The molecule has 1 unspecified atom stereocenters. The Morgan fingerprint density at radius 3 is 2.13 bits per heavy atom. The van der Waals surface area contributed by atoms with Crippen LogP contribution in [0, 0.1) is 6.92 Å². The smallest absolute Gasteiger partial charge is 0.193 e. The maximum absolute atomic E-state index is 12.4. The summed E-state index contributed by atoms with van der Waals surface area (Å²) in [6, 6.07) is 16.0. The van der Waals surface area contributed by atoms with Crippen molar-refractivity contribution in [2.75, 3.05) is 0 Å². The van der Waals surface area contributed by atoms with Gasteiger partial charge in [0.15, 0.2) is 14.6 Å². The number of halogens is 2. The molecule has 0 saturated carbocycles. The maximum Gasteiger partial charge on any atom is 0.193 e. The lowest BCUT2D eigenvalue weighted by atomic mass is 9.88. The van der Waals surface area contributed by atoms with Crippen molar-refractivity contribution in [2.24, 2.45) is 0 Å². The van der Waals surface area contributed by atoms with Crippen molar-refractivity contribution in [1.82, 2.24) is 0 Å². The zero-order valence-corrected chi connectivity index (χ0v) is 21.7. The van der Waals surface area contributed by atoms with Gasteiger partial charge >= 0.3 is 0 Å². The number of hydrogen-bond acceptors (Lipinski definition) is 2. The fourth-order valence-corrected chi connectivity index (χ4v) is 5.32. The second-order valence-corrected chi connectivity index (χ2v) is 15.2. The molecule has 0 aromatic heterocycles. The van der Waals surface area contributed by atoms with Gasteiger partial charge in [0, 0.05) is 9.50 Å². The quantitative estimate of drug-likeness (QED) is 0.258. The monoisotopic (exact) mass is 502 g/mol. The largest absolute Gasteiger partial charge is 0.403 e. The number of fused-ring (bicyclic) bond motifs is 1. The normalized spacial score (nSPS) is 13.5. The molecular formula is C25H28BrClO2Si. The van der Waals surface area contributed by atoms with E-state index in [1.54, 1.807) is 0 Å². The van der Waals surface area contributed by atoms with Crippen molar-refractivity contribution in [2.45, 2.75) is 51.9 Å². The van der Waals surface area contributed by atoms with Crippen LogP contribution in [0.25, 0.3) is 21.9 Å². The number of hydrogen-bond donors (Lipinski definition) is 0. The summed E-state index contributed by atoms with van der Waals surface area (Å²) in [5, 5.41) is 2.87. The minimum absolute atomic E-state index is 0.00329. The molecule has 0 aliphatic rings. The third kappa shape index (κ3) is 4.29. The molecule has 0 spiro atoms. The van der Waals surface area contributed by atoms with Gasteiger partial charge in [-0.25, -0.2) is 0 Å². The molecule has 5 heteroatoms. The van der Waals surface area contributed by atoms with Gasteiger partial charge in [-0.15, -0.1) is 0 Å². The highest BCUT2D eigenvalue weighted by Crippen LogP contribution is 2.46. The first-order chi connectivity index (χ1) is 14.0. The molecule has 158 valence electrons. The zero-order chi connectivity index (χ0) is 22.3. The SMILES string of the molecule is Cc1c(C(C=O)O[Si](C)(C)C(C)(C)C)c(-c2ccc(Cl)cc2)c2ccccc2c1Br. The number of benzene rings is 3. The van der Waals surface area contributed by atoms with Crippen molar-refractivity contribution in [1.29, 1.82) is 0 Å². The van der Waals surface area contributed by atoms with Crippen LogP contribution >= 0.6 is 27.5 Å². The van der Waals surface area contributed by atoms with Crippen molar-refractivity contribution in [3.63, 3.8) is 0 Å². The van der Waals surface area contributed by atoms with Gasteiger partial charge < -0.3 is 9.22 Å². The molecule has 0 bridgehead atoms. The van der Waals surface area contributed by atoms with Gasteiger partial charge in [-0.05, 0) is 86.1 Å². The van der Waals surface area contributed by atoms with Crippen molar-refractivity contribution >= 4 is 52.9 Å². The summed E-state index contributed by atoms with van der Waals surface area (Å²) in [6.45, 7) is 13.0. The number of rotatable bonds is 5. The summed E-state index contributed by atoms with van der Waals surface area (Å²) in [7, 11) is -2.18. The van der Waals surface area contributed by atoms with E-state index in [0.717, 1.165) is 43.8 Å². The number of carbonyl (C=O) groups excluding carboxylic acids is 1. The van der Waals surface area contributed by atoms with E-state index in [4.69, 9.17) is 16.0 Å². The molecule has 3 aromatic carbocycles. The zero-order valence-electron chi connectivity index (χ0n) is 18.3. The highest BCUT2D eigenvalue weighted by atomic mass is 79.9. The third-order valence-electron chi connectivity index (χ3n) is 6.20. The Kier molecular flexibility index (Phi) is 6.64. The van der Waals surface area contributed by atoms with Crippen LogP contribution in [0.2, 0.25) is 23.2 Å². The van der Waals surface area contributed by atoms with E-state index >= 15 is 0 Å². The van der Waals surface area contributed by atoms with Crippen molar-refractivity contribution in [3.8, 4) is 11.1 Å². The topological polar surface area (TPSA) is 26.3 Å². The molecule has 0 saturated heterocycles. The lowest BCUT2D eigenvalue weighted by molar-refractivity contribution is -0.114. The van der Waals surface area contributed by atoms with E-state index in [1.165, 1.54) is 0 Å². The van der Waals surface area contributed by atoms with Crippen LogP contribution in [-0.4, -0.2) is 14.6 Å². The van der Waals surface area contributed by atoms with E-state index in [0.29, 0.717) is 5.02 Å². The Morgan fingerprint density at radius 1 is 1.03 bits per heavy atom. The highest BCUT2D eigenvalue weighted by molar-refractivity contribution is 9.10. The van der Waals surface area contributed by atoms with Crippen LogP contribution in [0.1, 0.15) is 38.0 Å². The van der Waals surface area contributed by atoms with Crippen molar-refractivity contribution < 1.29 is 9.22 Å². The standard InChI is InChI=1S/C25H28BrClO2Si/c1-16-22(21(15-28)29-30(5,6)25(2,3)4)23(17-11-13-18(27)14-12-17)19-9-7-8-10-20(19)24(16)26/h7-15,21H,1-6H3. The molecule has 0 heterocycles. The Labute approximate surface area is 193 Å². The lowest BCUT2D eigenvalue weighted by Gasteiger charge is -2.39. The molecule has 0 aliphatic heterocycles. The second-order valence-electron chi connectivity index (χ2n) is 9.21. The highest BCUT2D eigenvalue weighted by Gasteiger charge is 2.40. The van der Waals surface area contributed by atoms with Crippen LogP contribution < -0.4 is 0 Å². The predicted molar refractivity (Wildman–Crippen MR) is 134 cm³/mol. The first-order valence-corrected chi connectivity index (χ1v) is 14.2. The Bertz CT molecular complexity index is 1080. The van der Waals surface area contributed by atoms with Crippen LogP contribution in [0.5, 0.6) is 0 Å². The van der Waals surface area contributed by atoms with Gasteiger partial charge in [0.2, 0.25) is 0 Å². The third-order valence-corrected chi connectivity index (χ3v) is 11.9. The lowest BCUT2D eigenvalue weighted by Crippen LogP contribution is -2.42. The predicted octanol–water partition coefficient (Wildman–Crippen LogP) is 8.49. The van der Waals surface area contributed by atoms with Gasteiger partial charge in [-0.1, -0.05) is 68.8 Å². The van der Waals surface area contributed by atoms with E-state index in [1.807, 2.05) is 36.4 Å². The molecule has 0 amide bonds. The molecular weight excluding hydrogens is 476 g/mol. The minimum Gasteiger partial charge on any atom is -0.403 e. The molecule has 2 nitrogen and oxygen atoms in total. The van der Waals surface area contributed by atoms with Crippen LogP contribution in [0.3, 0.4) is 0 Å². The van der Waals surface area contributed by atoms with Crippen LogP contribution in [0.15, 0.2) is 53.0 Å². The molecule has 0 fully saturated rings. The summed E-state index contributed by atoms with van der Waals surface area (Å²) in [6.07, 6.45) is 0.307. The molecule has 1 atom stereocenters. The maximum atomic E-state index is 12.4. The Hall–Kier alpha value is -1.46.